The number of amides is 2. The van der Waals surface area contributed by atoms with Crippen molar-refractivity contribution in [2.75, 3.05) is 22.5 Å². The number of benzene rings is 2. The van der Waals surface area contributed by atoms with E-state index in [1.165, 1.54) is 12.3 Å². The van der Waals surface area contributed by atoms with Gasteiger partial charge in [0.05, 0.1) is 23.5 Å². The molecule has 2 aromatic heterocycles. The number of aromatic nitrogens is 4. The zero-order chi connectivity index (χ0) is 41.5. The van der Waals surface area contributed by atoms with Gasteiger partial charge >= 0.3 is 13.6 Å². The van der Waals surface area contributed by atoms with E-state index in [-0.39, 0.29) is 22.2 Å². The zero-order valence-corrected chi connectivity index (χ0v) is 31.7. The van der Waals surface area contributed by atoms with Crippen molar-refractivity contribution in [1.29, 1.82) is 0 Å². The van der Waals surface area contributed by atoms with Gasteiger partial charge in [0, 0.05) is 29.1 Å². The minimum Gasteiger partial charge on any atom is -0.480 e. The summed E-state index contributed by atoms with van der Waals surface area (Å²) in [7, 11) is -8.44. The Balaban J connectivity index is 0.000000202. The van der Waals surface area contributed by atoms with E-state index in [2.05, 4.69) is 26.3 Å². The number of terminal acetylenes is 1. The number of ether oxygens (including phenoxy) is 1. The van der Waals surface area contributed by atoms with E-state index in [1.807, 2.05) is 0 Å². The molecule has 0 bridgehead atoms. The van der Waals surface area contributed by atoms with Gasteiger partial charge in [-0.2, -0.15) is 13.4 Å². The van der Waals surface area contributed by atoms with E-state index < -0.39 is 82.6 Å². The molecule has 0 fully saturated rings. The Hall–Kier alpha value is -5.36. The fraction of sp³-hybridized carbons (Fsp3) is 0.273. The van der Waals surface area contributed by atoms with Gasteiger partial charge in [0.25, 0.3) is 32.8 Å². The van der Waals surface area contributed by atoms with Gasteiger partial charge in [-0.1, -0.05) is 23.6 Å². The van der Waals surface area contributed by atoms with E-state index in [1.54, 1.807) is 24.6 Å². The first kappa shape index (κ1) is 43.4. The number of fused-ring (bicyclic) bond motifs is 1. The summed E-state index contributed by atoms with van der Waals surface area (Å²) in [6, 6.07) is 6.87. The lowest BCUT2D eigenvalue weighted by Gasteiger charge is -2.19. The first-order valence-electron chi connectivity index (χ1n) is 16.1. The number of aryl methyl sites for hydroxylation is 1. The average Bonchev–Trinajstić information content (AvgIpc) is 3.66. The molecule has 3 heterocycles. The number of rotatable bonds is 10. The quantitative estimate of drug-likeness (QED) is 0.0864. The van der Waals surface area contributed by atoms with Gasteiger partial charge in [-0.25, -0.2) is 27.6 Å². The number of hydrogen-bond acceptors (Lipinski definition) is 11. The van der Waals surface area contributed by atoms with E-state index in [9.17, 15) is 40.5 Å². The van der Waals surface area contributed by atoms with Crippen molar-refractivity contribution in [3.63, 3.8) is 0 Å². The zero-order valence-electron chi connectivity index (χ0n) is 29.2. The number of imide groups is 1. The second-order valence-electron chi connectivity index (χ2n) is 11.8. The Kier molecular flexibility index (Phi) is 14.0. The van der Waals surface area contributed by atoms with Crippen molar-refractivity contribution in [2.45, 2.75) is 50.8 Å². The minimum atomic E-state index is -4.35. The maximum absolute atomic E-state index is 14.4. The number of sulfonamides is 1. The monoisotopic (exact) mass is 841 g/mol. The molecule has 0 saturated carbocycles. The van der Waals surface area contributed by atoms with Crippen molar-refractivity contribution in [3.8, 4) is 18.1 Å². The van der Waals surface area contributed by atoms with Crippen LogP contribution in [0.25, 0.3) is 5.78 Å². The van der Waals surface area contributed by atoms with Crippen LogP contribution in [0.2, 0.25) is 5.02 Å². The second kappa shape index (κ2) is 18.1. The Labute approximate surface area is 321 Å². The van der Waals surface area contributed by atoms with Crippen molar-refractivity contribution in [2.24, 2.45) is 0 Å². The summed E-state index contributed by atoms with van der Waals surface area (Å²) in [6.45, 7) is 2.90. The van der Waals surface area contributed by atoms with E-state index in [4.69, 9.17) is 37.7 Å². The number of aliphatic carboxylic acids is 1. The number of nitrogens with zero attached hydrogens (tertiary/aromatic N) is 5. The molecule has 298 valence electrons. The molecule has 2 aromatic carbocycles. The number of carboxylic acids is 1. The number of anilines is 2. The minimum absolute atomic E-state index is 0.0233. The summed E-state index contributed by atoms with van der Waals surface area (Å²) in [4.78, 5) is 59.9. The lowest BCUT2D eigenvalue weighted by Crippen LogP contribution is -2.32. The third-order valence-corrected chi connectivity index (χ3v) is 9.59. The highest BCUT2D eigenvalue weighted by molar-refractivity contribution is 7.92. The smallest absolute Gasteiger partial charge is 0.339 e. The fourth-order valence-corrected chi connectivity index (χ4v) is 6.56. The van der Waals surface area contributed by atoms with Crippen molar-refractivity contribution >= 4 is 64.2 Å². The number of hydrogen-bond donors (Lipinski definition) is 5. The molecule has 0 spiro atoms. The molecule has 2 amide bonds. The number of carbonyl (C=O) groups excluding carboxylic acids is 2. The maximum Gasteiger partial charge on any atom is 0.339 e. The van der Waals surface area contributed by atoms with Crippen LogP contribution in [-0.4, -0.2) is 79.6 Å². The van der Waals surface area contributed by atoms with Crippen LogP contribution in [0.15, 0.2) is 58.9 Å². The molecular weight excluding hydrogens is 810 g/mol. The second-order valence-corrected chi connectivity index (χ2v) is 15.5. The van der Waals surface area contributed by atoms with E-state index >= 15 is 0 Å². The predicted molar refractivity (Wildman–Crippen MR) is 194 cm³/mol. The van der Waals surface area contributed by atoms with Crippen LogP contribution in [0.1, 0.15) is 38.3 Å². The summed E-state index contributed by atoms with van der Waals surface area (Å²) in [5, 5.41) is 13.2. The highest BCUT2D eigenvalue weighted by Crippen LogP contribution is 2.40. The molecule has 23 heteroatoms. The maximum atomic E-state index is 14.4. The Morgan fingerprint density at radius 2 is 1.68 bits per heavy atom. The molecular formula is C33H32ClF3N7O10PS. The molecule has 0 saturated heterocycles. The molecule has 2 aliphatic rings. The predicted octanol–water partition coefficient (Wildman–Crippen LogP) is 3.93. The average molecular weight is 842 g/mol. The summed E-state index contributed by atoms with van der Waals surface area (Å²) in [5.74, 6) is -2.35. The molecule has 17 nitrogen and oxygen atoms in total. The van der Waals surface area contributed by atoms with Crippen LogP contribution < -0.4 is 19.7 Å². The molecule has 56 heavy (non-hydrogen) atoms. The van der Waals surface area contributed by atoms with Crippen LogP contribution in [-0.2, 0) is 29.0 Å². The van der Waals surface area contributed by atoms with Gasteiger partial charge in [-0.15, -0.1) is 11.5 Å². The molecule has 1 aliphatic heterocycles. The third-order valence-electron chi connectivity index (χ3n) is 7.53. The van der Waals surface area contributed by atoms with Crippen molar-refractivity contribution in [1.82, 2.24) is 24.9 Å². The molecule has 1 atom stereocenters. The van der Waals surface area contributed by atoms with Gasteiger partial charge in [-0.05, 0) is 63.8 Å². The standard InChI is InChI=1S/C18H15ClFNO3.C12H9F2N5O2S.C3H8NO5P/c1-3-10(2)24-16-9-15(14(20)8-13(16)19)21-17(22)11-6-4-5-7-12(11)18(21)23;1-7-5-6-19-11(15-7)16-12(17-19)22(20,21)18-10-8(13)3-2-4-9(10)14;5-3(6)1-4-2-10(7,8)9/h1,8-10H,4-7H2,2H3;2-6,18H,1H3;4H,1-2H2,(H,5,6)(H2,7,8,9). The van der Waals surface area contributed by atoms with Gasteiger partial charge in [-0.3, -0.25) is 29.0 Å². The number of nitrogens with one attached hydrogen (secondary N) is 2. The largest absolute Gasteiger partial charge is 0.480 e. The SMILES string of the molecule is C#CC(C)Oc1cc(N2C(=O)C3=C(CCCC3)C2=O)c(F)cc1Cl.Cc1ccn2nc(S(=O)(=O)Nc3c(F)cccc3F)nc2n1.O=C(O)CNCP(=O)(O)O. The Morgan fingerprint density at radius 1 is 1.07 bits per heavy atom. The third kappa shape index (κ3) is 10.9. The summed E-state index contributed by atoms with van der Waals surface area (Å²) in [5.41, 5.74) is 0.644. The van der Waals surface area contributed by atoms with Crippen LogP contribution in [0.4, 0.5) is 24.5 Å². The van der Waals surface area contributed by atoms with E-state index in [0.717, 1.165) is 46.5 Å². The van der Waals surface area contributed by atoms with Gasteiger partial charge < -0.3 is 19.6 Å². The lowest BCUT2D eigenvalue weighted by molar-refractivity contribution is -0.136. The molecule has 6 rings (SSSR count). The van der Waals surface area contributed by atoms with Crippen LogP contribution >= 0.6 is 19.2 Å². The van der Waals surface area contributed by atoms with Crippen LogP contribution in [0, 0.1) is 36.7 Å². The highest BCUT2D eigenvalue weighted by Gasteiger charge is 2.41. The van der Waals surface area contributed by atoms with Gasteiger partial charge in [0.2, 0.25) is 0 Å². The number of halogens is 4. The topological polar surface area (TPSA) is 243 Å². The van der Waals surface area contributed by atoms with Crippen LogP contribution in [0.5, 0.6) is 5.75 Å². The van der Waals surface area contributed by atoms with E-state index in [0.29, 0.717) is 29.7 Å². The van der Waals surface area contributed by atoms with Crippen molar-refractivity contribution < 1.29 is 60.2 Å². The highest BCUT2D eigenvalue weighted by atomic mass is 35.5. The Morgan fingerprint density at radius 3 is 2.23 bits per heavy atom. The summed E-state index contributed by atoms with van der Waals surface area (Å²) in [6.07, 6.45) is 8.35. The summed E-state index contributed by atoms with van der Waals surface area (Å²) >= 11 is 5.97. The number of para-hydroxylation sites is 1. The molecule has 5 N–H and O–H groups in total. The molecule has 4 aromatic rings. The van der Waals surface area contributed by atoms with Gasteiger partial charge in [0.1, 0.15) is 28.9 Å². The molecule has 0 radical (unpaired) electrons. The molecule has 1 aliphatic carbocycles. The van der Waals surface area contributed by atoms with Crippen molar-refractivity contribution in [3.05, 3.63) is 81.9 Å². The van der Waals surface area contributed by atoms with Crippen LogP contribution in [0.3, 0.4) is 0 Å². The fourth-order valence-electron chi connectivity index (χ4n) is 5.01. The van der Waals surface area contributed by atoms with Gasteiger partial charge in [0.15, 0.2) is 6.10 Å². The number of carboxylic acid groups (broad SMARTS) is 1. The molecule has 1 unspecified atom stereocenters. The lowest BCUT2D eigenvalue weighted by atomic mass is 9.93. The number of carbonyl (C=O) groups is 3. The normalized spacial score (nSPS) is 14.6. The Bertz CT molecular complexity index is 2370. The summed E-state index contributed by atoms with van der Waals surface area (Å²) < 4.78 is 84.2. The first-order valence-corrected chi connectivity index (χ1v) is 19.7. The first-order chi connectivity index (χ1) is 26.2.